The molecule has 0 radical (unpaired) electrons. The number of nitrogens with zero attached hydrogens (tertiary/aromatic N) is 3. The number of methoxy groups -OCH3 is 1. The summed E-state index contributed by atoms with van der Waals surface area (Å²) in [7, 11) is -2.20. The Morgan fingerprint density at radius 1 is 1.00 bits per heavy atom. The molecule has 2 fully saturated rings. The number of amides is 1. The number of aliphatic imine (C=N–C) groups is 1. The van der Waals surface area contributed by atoms with Crippen molar-refractivity contribution in [2.45, 2.75) is 51.0 Å². The van der Waals surface area contributed by atoms with Crippen LogP contribution in [-0.2, 0) is 23.0 Å². The summed E-state index contributed by atoms with van der Waals surface area (Å²) in [4.78, 5) is 21.9. The van der Waals surface area contributed by atoms with E-state index in [0.29, 0.717) is 48.9 Å². The van der Waals surface area contributed by atoms with Gasteiger partial charge in [-0.25, -0.2) is 8.42 Å². The zero-order chi connectivity index (χ0) is 31.1. The summed E-state index contributed by atoms with van der Waals surface area (Å²) in [6.45, 7) is 7.84. The van der Waals surface area contributed by atoms with E-state index in [9.17, 15) is 13.2 Å². The zero-order valence-electron chi connectivity index (χ0n) is 25.8. The van der Waals surface area contributed by atoms with E-state index in [1.54, 1.807) is 56.6 Å². The minimum atomic E-state index is -3.88. The number of ether oxygens (including phenoxy) is 2. The maximum absolute atomic E-state index is 13.3. The van der Waals surface area contributed by atoms with Gasteiger partial charge in [0.2, 0.25) is 0 Å². The lowest BCUT2D eigenvalue weighted by molar-refractivity contribution is 0.0627. The first-order valence-electron chi connectivity index (χ1n) is 15.4. The lowest BCUT2D eigenvalue weighted by Crippen LogP contribution is -2.48. The molecule has 0 bridgehead atoms. The summed E-state index contributed by atoms with van der Waals surface area (Å²) in [5.41, 5.74) is 3.27. The summed E-state index contributed by atoms with van der Waals surface area (Å²) in [5, 5.41) is 0. The number of benzene rings is 3. The number of aryl methyl sites for hydroxylation is 1. The molecule has 10 heteroatoms. The predicted octanol–water partition coefficient (Wildman–Crippen LogP) is 5.92. The highest BCUT2D eigenvalue weighted by molar-refractivity contribution is 7.92. The Morgan fingerprint density at radius 2 is 1.70 bits per heavy atom. The van der Waals surface area contributed by atoms with Gasteiger partial charge in [-0.3, -0.25) is 19.4 Å². The molecule has 1 saturated carbocycles. The van der Waals surface area contributed by atoms with Crippen molar-refractivity contribution in [1.29, 1.82) is 0 Å². The van der Waals surface area contributed by atoms with E-state index in [1.807, 2.05) is 30.0 Å². The topological polar surface area (TPSA) is 101 Å². The molecule has 5 rings (SSSR count). The molecule has 2 aliphatic rings. The molecule has 0 unspecified atom stereocenters. The summed E-state index contributed by atoms with van der Waals surface area (Å²) >= 11 is 0. The third-order valence-electron chi connectivity index (χ3n) is 8.41. The Labute approximate surface area is 260 Å². The van der Waals surface area contributed by atoms with Gasteiger partial charge in [-0.15, -0.1) is 0 Å². The number of piperazine rings is 1. The number of sulfonamides is 1. The Hall–Kier alpha value is -3.89. The molecule has 1 N–H and O–H groups in total. The Morgan fingerprint density at radius 3 is 2.34 bits per heavy atom. The number of hydrogen-bond acceptors (Lipinski definition) is 7. The molecular weight excluding hydrogens is 576 g/mol. The second kappa shape index (κ2) is 14.3. The highest BCUT2D eigenvalue weighted by Gasteiger charge is 2.25. The fraction of sp³-hybridized carbons (Fsp3) is 0.412. The second-order valence-electron chi connectivity index (χ2n) is 11.3. The standard InChI is InChI=1S/C34H42N4O5S/c1-4-26-11-8-14-31(32(26)35-5-2)44(40,41)36-29-17-15-27(16-18-29)34(39)38-21-19-37(20-22-38)23-28-12-7-13-30(33(28)42-3)43-24-25-9-6-10-25/h5,7-8,11-18,25,36H,4,6,9-10,19-24H2,1-3H3/b35-5-. The summed E-state index contributed by atoms with van der Waals surface area (Å²) in [6, 6.07) is 17.8. The van der Waals surface area contributed by atoms with E-state index in [2.05, 4.69) is 20.7 Å². The summed E-state index contributed by atoms with van der Waals surface area (Å²) in [6.07, 6.45) is 6.01. The first kappa shape index (κ1) is 31.5. The van der Waals surface area contributed by atoms with Gasteiger partial charge in [0.15, 0.2) is 11.5 Å². The first-order valence-corrected chi connectivity index (χ1v) is 16.8. The molecule has 0 spiro atoms. The van der Waals surface area contributed by atoms with Crippen LogP contribution < -0.4 is 14.2 Å². The van der Waals surface area contributed by atoms with Gasteiger partial charge in [-0.1, -0.05) is 37.6 Å². The predicted molar refractivity (Wildman–Crippen MR) is 174 cm³/mol. The molecule has 3 aromatic rings. The molecule has 0 atom stereocenters. The molecule has 1 aliphatic carbocycles. The second-order valence-corrected chi connectivity index (χ2v) is 13.0. The highest BCUT2D eigenvalue weighted by Crippen LogP contribution is 2.35. The third-order valence-corrected chi connectivity index (χ3v) is 9.83. The van der Waals surface area contributed by atoms with Crippen LogP contribution in [0.1, 0.15) is 54.6 Å². The van der Waals surface area contributed by atoms with Gasteiger partial charge < -0.3 is 14.4 Å². The van der Waals surface area contributed by atoms with Crippen molar-refractivity contribution in [3.63, 3.8) is 0 Å². The quantitative estimate of drug-likeness (QED) is 0.253. The molecule has 1 heterocycles. The number of carbonyl (C=O) groups is 1. The van der Waals surface area contributed by atoms with E-state index in [4.69, 9.17) is 9.47 Å². The van der Waals surface area contributed by atoms with Crippen LogP contribution >= 0.6 is 0 Å². The number of nitrogens with one attached hydrogen (secondary N) is 1. The lowest BCUT2D eigenvalue weighted by atomic mass is 9.86. The van der Waals surface area contributed by atoms with Crippen molar-refractivity contribution < 1.29 is 22.7 Å². The van der Waals surface area contributed by atoms with Crippen LogP contribution in [0, 0.1) is 5.92 Å². The number of hydrogen-bond donors (Lipinski definition) is 1. The number of carbonyl (C=O) groups excluding carboxylic acids is 1. The molecule has 234 valence electrons. The molecule has 3 aromatic carbocycles. The van der Waals surface area contributed by atoms with Gasteiger partial charge in [-0.2, -0.15) is 0 Å². The number of anilines is 1. The van der Waals surface area contributed by atoms with Crippen molar-refractivity contribution in [3.8, 4) is 11.5 Å². The molecular formula is C34H42N4O5S. The van der Waals surface area contributed by atoms with Crippen LogP contribution in [0.15, 0.2) is 70.6 Å². The Bertz CT molecular complexity index is 1580. The van der Waals surface area contributed by atoms with Gasteiger partial charge in [0, 0.05) is 55.8 Å². The molecule has 1 saturated heterocycles. The van der Waals surface area contributed by atoms with Gasteiger partial charge in [0.25, 0.3) is 15.9 Å². The maximum atomic E-state index is 13.3. The van der Waals surface area contributed by atoms with E-state index in [0.717, 1.165) is 42.3 Å². The maximum Gasteiger partial charge on any atom is 0.264 e. The van der Waals surface area contributed by atoms with Crippen LogP contribution in [0.4, 0.5) is 11.4 Å². The number of para-hydroxylation sites is 2. The van der Waals surface area contributed by atoms with E-state index in [1.165, 1.54) is 19.3 Å². The monoisotopic (exact) mass is 618 g/mol. The SMILES string of the molecule is C/C=N\c1c(CC)cccc1S(=O)(=O)Nc1ccc(C(=O)N2CCN(Cc3cccc(OCC4CCC4)c3OC)CC2)cc1. The minimum Gasteiger partial charge on any atom is -0.493 e. The highest BCUT2D eigenvalue weighted by atomic mass is 32.2. The van der Waals surface area contributed by atoms with Crippen molar-refractivity contribution in [1.82, 2.24) is 9.80 Å². The number of rotatable bonds is 12. The summed E-state index contributed by atoms with van der Waals surface area (Å²) < 4.78 is 41.0. The molecule has 1 amide bonds. The van der Waals surface area contributed by atoms with Gasteiger partial charge in [-0.05, 0) is 74.1 Å². The lowest BCUT2D eigenvalue weighted by Gasteiger charge is -2.35. The van der Waals surface area contributed by atoms with Crippen molar-refractivity contribution in [3.05, 3.63) is 77.4 Å². The Balaban J connectivity index is 1.17. The van der Waals surface area contributed by atoms with E-state index >= 15 is 0 Å². The third kappa shape index (κ3) is 7.25. The minimum absolute atomic E-state index is 0.0711. The van der Waals surface area contributed by atoms with Crippen LogP contribution in [-0.4, -0.2) is 70.2 Å². The van der Waals surface area contributed by atoms with Crippen LogP contribution in [0.2, 0.25) is 0 Å². The zero-order valence-corrected chi connectivity index (χ0v) is 26.6. The Kier molecular flexibility index (Phi) is 10.2. The fourth-order valence-corrected chi connectivity index (χ4v) is 6.92. The van der Waals surface area contributed by atoms with E-state index < -0.39 is 10.0 Å². The fourth-order valence-electron chi connectivity index (χ4n) is 5.67. The molecule has 1 aliphatic heterocycles. The molecule has 9 nitrogen and oxygen atoms in total. The summed E-state index contributed by atoms with van der Waals surface area (Å²) in [5.74, 6) is 2.15. The van der Waals surface area contributed by atoms with Gasteiger partial charge in [0.05, 0.1) is 19.4 Å². The van der Waals surface area contributed by atoms with Crippen LogP contribution in [0.3, 0.4) is 0 Å². The van der Waals surface area contributed by atoms with Crippen molar-refractivity contribution in [2.24, 2.45) is 10.9 Å². The first-order chi connectivity index (χ1) is 21.3. The van der Waals surface area contributed by atoms with Gasteiger partial charge in [0.1, 0.15) is 4.90 Å². The average Bonchev–Trinajstić information content (AvgIpc) is 3.01. The molecule has 44 heavy (non-hydrogen) atoms. The molecule has 0 aromatic heterocycles. The largest absolute Gasteiger partial charge is 0.493 e. The van der Waals surface area contributed by atoms with Crippen molar-refractivity contribution in [2.75, 3.05) is 44.6 Å². The van der Waals surface area contributed by atoms with Gasteiger partial charge >= 0.3 is 0 Å². The van der Waals surface area contributed by atoms with Crippen molar-refractivity contribution >= 4 is 33.5 Å². The normalized spacial score (nSPS) is 16.1. The smallest absolute Gasteiger partial charge is 0.264 e. The van der Waals surface area contributed by atoms with E-state index in [-0.39, 0.29) is 10.8 Å². The average molecular weight is 619 g/mol. The van der Waals surface area contributed by atoms with Crippen LogP contribution in [0.5, 0.6) is 11.5 Å². The van der Waals surface area contributed by atoms with Crippen LogP contribution in [0.25, 0.3) is 0 Å².